The number of rotatable bonds is 35. The van der Waals surface area contributed by atoms with Gasteiger partial charge < -0.3 is 51.8 Å². The van der Waals surface area contributed by atoms with Crippen molar-refractivity contribution < 1.29 is 51.8 Å². The molecule has 0 aliphatic carbocycles. The summed E-state index contributed by atoms with van der Waals surface area (Å²) in [6.07, 6.45) is 0. The van der Waals surface area contributed by atoms with Gasteiger partial charge in [0.25, 0.3) is 8.32 Å². The van der Waals surface area contributed by atoms with Gasteiger partial charge in [-0.2, -0.15) is 0 Å². The second-order valence-corrected chi connectivity index (χ2v) is 17.4. The number of halogens is 1. The van der Waals surface area contributed by atoms with Crippen molar-refractivity contribution in [3.8, 4) is 0 Å². The van der Waals surface area contributed by atoms with Gasteiger partial charge in [-0.3, -0.25) is 0 Å². The van der Waals surface area contributed by atoms with Gasteiger partial charge in [-0.15, -0.1) is 0 Å². The van der Waals surface area contributed by atoms with Gasteiger partial charge in [-0.25, -0.2) is 0 Å². The Bertz CT molecular complexity index is 994. The van der Waals surface area contributed by atoms with Gasteiger partial charge in [0.15, 0.2) is 0 Å². The molecule has 0 aliphatic heterocycles. The van der Waals surface area contributed by atoms with Crippen molar-refractivity contribution in [2.75, 3.05) is 144 Å². The van der Waals surface area contributed by atoms with E-state index in [1.54, 1.807) is 0 Å². The first-order valence-electron chi connectivity index (χ1n) is 18.1. The van der Waals surface area contributed by atoms with Gasteiger partial charge in [0, 0.05) is 5.33 Å². The lowest BCUT2D eigenvalue weighted by Gasteiger charge is -2.43. The minimum absolute atomic E-state index is 0.0544. The van der Waals surface area contributed by atoms with Crippen LogP contribution in [0.15, 0.2) is 60.7 Å². The van der Waals surface area contributed by atoms with Crippen LogP contribution in [0.25, 0.3) is 0 Å². The lowest BCUT2D eigenvalue weighted by atomic mass is 10.2. The zero-order valence-corrected chi connectivity index (χ0v) is 33.8. The predicted octanol–water partition coefficient (Wildman–Crippen LogP) is 4.12. The zero-order chi connectivity index (χ0) is 36.6. The molecule has 0 saturated carbocycles. The minimum atomic E-state index is -2.54. The molecule has 0 spiro atoms. The third-order valence-corrected chi connectivity index (χ3v) is 12.9. The second kappa shape index (κ2) is 31.1. The highest BCUT2D eigenvalue weighted by molar-refractivity contribution is 9.09. The van der Waals surface area contributed by atoms with E-state index >= 15 is 0 Å². The molecule has 0 radical (unpaired) electrons. The molecule has 0 N–H and O–H groups in total. The summed E-state index contributed by atoms with van der Waals surface area (Å²) in [5, 5.41) is 3.32. The van der Waals surface area contributed by atoms with E-state index in [4.69, 9.17) is 51.8 Å². The Morgan fingerprint density at radius 1 is 0.373 bits per heavy atom. The summed E-state index contributed by atoms with van der Waals surface area (Å²) in [5.74, 6) is 0. The molecule has 292 valence electrons. The van der Waals surface area contributed by atoms with Crippen LogP contribution in [-0.4, -0.2) is 152 Å². The van der Waals surface area contributed by atoms with E-state index in [2.05, 4.69) is 97.4 Å². The van der Waals surface area contributed by atoms with Gasteiger partial charge in [-0.05, 0) is 15.4 Å². The van der Waals surface area contributed by atoms with E-state index in [0.717, 1.165) is 5.33 Å². The minimum Gasteiger partial charge on any atom is -0.405 e. The Hall–Kier alpha value is -1.30. The topological polar surface area (TPSA) is 102 Å². The van der Waals surface area contributed by atoms with Gasteiger partial charge >= 0.3 is 0 Å². The van der Waals surface area contributed by atoms with Crippen LogP contribution in [0, 0.1) is 0 Å². The average Bonchev–Trinajstić information content (AvgIpc) is 3.14. The maximum atomic E-state index is 6.85. The van der Waals surface area contributed by atoms with Gasteiger partial charge in [0.1, 0.15) is 0 Å². The van der Waals surface area contributed by atoms with Crippen molar-refractivity contribution in [2.45, 2.75) is 25.8 Å². The molecule has 0 aliphatic rings. The molecule has 2 aromatic carbocycles. The lowest BCUT2D eigenvalue weighted by molar-refractivity contribution is -0.0265. The summed E-state index contributed by atoms with van der Waals surface area (Å²) in [4.78, 5) is 0. The van der Waals surface area contributed by atoms with Crippen molar-refractivity contribution in [2.24, 2.45) is 0 Å². The third kappa shape index (κ3) is 21.2. The molecule has 2 rings (SSSR count). The Balaban J connectivity index is 1.33. The van der Waals surface area contributed by atoms with E-state index in [-0.39, 0.29) is 5.04 Å². The summed E-state index contributed by atoms with van der Waals surface area (Å²) in [5.41, 5.74) is 0. The molecule has 0 heterocycles. The van der Waals surface area contributed by atoms with Crippen LogP contribution in [0.4, 0.5) is 0 Å². The fourth-order valence-corrected chi connectivity index (χ4v) is 9.93. The van der Waals surface area contributed by atoms with E-state index < -0.39 is 8.32 Å². The molecule has 0 aromatic heterocycles. The maximum absolute atomic E-state index is 6.85. The van der Waals surface area contributed by atoms with Crippen molar-refractivity contribution in [3.63, 3.8) is 0 Å². The van der Waals surface area contributed by atoms with E-state index in [0.29, 0.717) is 139 Å². The van der Waals surface area contributed by atoms with Crippen LogP contribution in [0.3, 0.4) is 0 Å². The smallest absolute Gasteiger partial charge is 0.261 e. The molecule has 51 heavy (non-hydrogen) atoms. The quantitative estimate of drug-likeness (QED) is 0.0572. The Kier molecular flexibility index (Phi) is 27.9. The SMILES string of the molecule is CC(C)(C)[Si](OCCOCCOCCOCCOCCOCCOCCOCCOCCOCCOCCBr)(c1ccccc1)c1ccccc1. The van der Waals surface area contributed by atoms with Crippen molar-refractivity contribution in [1.29, 1.82) is 0 Å². The molecule has 0 unspecified atom stereocenters. The lowest BCUT2D eigenvalue weighted by Crippen LogP contribution is -2.66. The molecule has 0 atom stereocenters. The first-order chi connectivity index (χ1) is 25.0. The summed E-state index contributed by atoms with van der Waals surface area (Å²) in [7, 11) is -2.54. The monoisotopic (exact) mass is 802 g/mol. The standard InChI is InChI=1S/C38H63BrO11Si/c1-38(2,3)51(36-10-6-4-7-11-36,37-12-8-5-9-13-37)50-35-34-49-33-32-48-31-30-47-29-28-46-27-26-45-25-24-44-23-22-43-21-20-42-19-18-41-17-16-40-15-14-39/h4-13H,14-35H2,1-3H3. The Morgan fingerprint density at radius 2 is 0.608 bits per heavy atom. The first-order valence-corrected chi connectivity index (χ1v) is 21.1. The highest BCUT2D eigenvalue weighted by atomic mass is 79.9. The summed E-state index contributed by atoms with van der Waals surface area (Å²) in [6.45, 7) is 18.0. The first kappa shape index (κ1) is 45.9. The number of alkyl halides is 1. The molecular weight excluding hydrogens is 740 g/mol. The van der Waals surface area contributed by atoms with E-state index in [1.165, 1.54) is 10.4 Å². The van der Waals surface area contributed by atoms with E-state index in [1.807, 2.05) is 0 Å². The van der Waals surface area contributed by atoms with E-state index in [9.17, 15) is 0 Å². The Morgan fingerprint density at radius 3 is 0.843 bits per heavy atom. The molecule has 0 saturated heterocycles. The predicted molar refractivity (Wildman–Crippen MR) is 206 cm³/mol. The summed E-state index contributed by atoms with van der Waals surface area (Å²) < 4.78 is 62.1. The van der Waals surface area contributed by atoms with Crippen LogP contribution >= 0.6 is 15.9 Å². The second-order valence-electron chi connectivity index (χ2n) is 12.3. The molecule has 2 aromatic rings. The Labute approximate surface area is 316 Å². The largest absolute Gasteiger partial charge is 0.405 e. The normalized spacial score (nSPS) is 12.2. The van der Waals surface area contributed by atoms with Crippen LogP contribution in [0.5, 0.6) is 0 Å². The molecule has 0 fully saturated rings. The zero-order valence-electron chi connectivity index (χ0n) is 31.2. The fourth-order valence-electron chi connectivity index (χ4n) is 5.15. The van der Waals surface area contributed by atoms with Crippen LogP contribution < -0.4 is 10.4 Å². The van der Waals surface area contributed by atoms with Crippen LogP contribution in [0.1, 0.15) is 20.8 Å². The third-order valence-electron chi connectivity index (χ3n) is 7.53. The van der Waals surface area contributed by atoms with Crippen molar-refractivity contribution in [1.82, 2.24) is 0 Å². The molecule has 13 heteroatoms. The average molecular weight is 804 g/mol. The highest BCUT2D eigenvalue weighted by Gasteiger charge is 2.50. The van der Waals surface area contributed by atoms with Crippen molar-refractivity contribution >= 4 is 34.6 Å². The number of ether oxygens (including phenoxy) is 10. The van der Waals surface area contributed by atoms with Gasteiger partial charge in [0.2, 0.25) is 0 Å². The van der Waals surface area contributed by atoms with Gasteiger partial charge in [-0.1, -0.05) is 97.4 Å². The fraction of sp³-hybridized carbons (Fsp3) is 0.684. The van der Waals surface area contributed by atoms with Crippen LogP contribution in [0.2, 0.25) is 5.04 Å². The summed E-state index contributed by atoms with van der Waals surface area (Å²) in [6, 6.07) is 21.3. The highest BCUT2D eigenvalue weighted by Crippen LogP contribution is 2.36. The molecule has 0 bridgehead atoms. The molecule has 0 amide bonds. The number of benzene rings is 2. The van der Waals surface area contributed by atoms with Crippen LogP contribution in [-0.2, 0) is 51.8 Å². The molecular formula is C38H63BrO11Si. The van der Waals surface area contributed by atoms with Gasteiger partial charge in [0.05, 0.1) is 139 Å². The maximum Gasteiger partial charge on any atom is 0.261 e. The molecule has 11 nitrogen and oxygen atoms in total. The summed E-state index contributed by atoms with van der Waals surface area (Å²) >= 11 is 3.31. The van der Waals surface area contributed by atoms with Crippen molar-refractivity contribution in [3.05, 3.63) is 60.7 Å². The number of hydrogen-bond donors (Lipinski definition) is 0. The number of hydrogen-bond acceptors (Lipinski definition) is 11.